The highest BCUT2D eigenvalue weighted by atomic mass is 35.5. The first-order valence-corrected chi connectivity index (χ1v) is 9.59. The number of hydrogen-bond acceptors (Lipinski definition) is 3. The zero-order chi connectivity index (χ0) is 18.5. The molecular formula is C19H16ClFN2O2S. The number of benzene rings is 2. The topological polar surface area (TPSA) is 40.6 Å². The normalized spacial score (nSPS) is 21.6. The molecule has 2 amide bonds. The van der Waals surface area contributed by atoms with Gasteiger partial charge in [0.05, 0.1) is 12.2 Å². The molecular weight excluding hydrogens is 375 g/mol. The van der Waals surface area contributed by atoms with Gasteiger partial charge in [-0.05, 0) is 29.8 Å². The van der Waals surface area contributed by atoms with Crippen molar-refractivity contribution < 1.29 is 14.0 Å². The number of fused-ring (bicyclic) bond motifs is 2. The van der Waals surface area contributed by atoms with Gasteiger partial charge in [0, 0.05) is 29.8 Å². The molecule has 4 nitrogen and oxygen atoms in total. The van der Waals surface area contributed by atoms with Crippen molar-refractivity contribution in [2.24, 2.45) is 0 Å². The van der Waals surface area contributed by atoms with Gasteiger partial charge in [-0.2, -0.15) is 0 Å². The standard InChI is InChI=1S/C19H16ClFN2O2S/c1-12(24)23-8-9-26-19(23)15-10-14(21)6-7-17(15)22(18(19)25)11-13-4-2-3-5-16(13)20/h2-7,10H,8-9,11H2,1H3. The molecule has 2 aromatic rings. The van der Waals surface area contributed by atoms with E-state index in [1.807, 2.05) is 18.2 Å². The summed E-state index contributed by atoms with van der Waals surface area (Å²) in [5.41, 5.74) is 1.96. The van der Waals surface area contributed by atoms with Gasteiger partial charge in [-0.1, -0.05) is 29.8 Å². The Kier molecular flexibility index (Phi) is 4.20. The van der Waals surface area contributed by atoms with E-state index in [9.17, 15) is 14.0 Å². The first-order valence-electron chi connectivity index (χ1n) is 8.22. The first kappa shape index (κ1) is 17.4. The van der Waals surface area contributed by atoms with Crippen LogP contribution in [0.25, 0.3) is 0 Å². The van der Waals surface area contributed by atoms with E-state index in [4.69, 9.17) is 11.6 Å². The molecule has 1 spiro atoms. The minimum atomic E-state index is -1.19. The van der Waals surface area contributed by atoms with Crippen molar-refractivity contribution in [2.75, 3.05) is 17.2 Å². The lowest BCUT2D eigenvalue weighted by Gasteiger charge is -2.32. The van der Waals surface area contributed by atoms with Gasteiger partial charge >= 0.3 is 0 Å². The van der Waals surface area contributed by atoms with Gasteiger partial charge in [0.2, 0.25) is 5.91 Å². The van der Waals surface area contributed by atoms with E-state index < -0.39 is 10.7 Å². The van der Waals surface area contributed by atoms with Crippen LogP contribution in [-0.4, -0.2) is 29.0 Å². The Balaban J connectivity index is 1.85. The van der Waals surface area contributed by atoms with E-state index in [2.05, 4.69) is 0 Å². The van der Waals surface area contributed by atoms with E-state index in [0.29, 0.717) is 28.6 Å². The molecule has 1 fully saturated rings. The van der Waals surface area contributed by atoms with Gasteiger partial charge in [-0.25, -0.2) is 4.39 Å². The second kappa shape index (κ2) is 6.28. The summed E-state index contributed by atoms with van der Waals surface area (Å²) in [5, 5.41) is 0.562. The van der Waals surface area contributed by atoms with Crippen LogP contribution in [0.15, 0.2) is 42.5 Å². The quantitative estimate of drug-likeness (QED) is 0.783. The molecule has 26 heavy (non-hydrogen) atoms. The maximum atomic E-state index is 14.0. The molecule has 1 unspecified atom stereocenters. The largest absolute Gasteiger partial charge is 0.315 e. The lowest BCUT2D eigenvalue weighted by atomic mass is 10.1. The number of halogens is 2. The fraction of sp³-hybridized carbons (Fsp3) is 0.263. The van der Waals surface area contributed by atoms with Gasteiger partial charge in [0.25, 0.3) is 5.91 Å². The third kappa shape index (κ3) is 2.43. The number of carbonyl (C=O) groups excluding carboxylic acids is 2. The maximum Gasteiger partial charge on any atom is 0.268 e. The Morgan fingerprint density at radius 3 is 2.81 bits per heavy atom. The SMILES string of the molecule is CC(=O)N1CCSC12C(=O)N(Cc1ccccc1Cl)c1ccc(F)cc12. The molecule has 0 radical (unpaired) electrons. The van der Waals surface area contributed by atoms with Crippen molar-refractivity contribution in [1.29, 1.82) is 0 Å². The number of thioether (sulfide) groups is 1. The molecule has 2 aliphatic rings. The summed E-state index contributed by atoms with van der Waals surface area (Å²) in [4.78, 5) is 27.6. The molecule has 0 bridgehead atoms. The Bertz CT molecular complexity index is 922. The van der Waals surface area contributed by atoms with Crippen LogP contribution < -0.4 is 4.90 Å². The summed E-state index contributed by atoms with van der Waals surface area (Å²) in [5.74, 6) is -0.221. The van der Waals surface area contributed by atoms with Crippen molar-refractivity contribution in [1.82, 2.24) is 4.90 Å². The number of hydrogen-bond donors (Lipinski definition) is 0. The molecule has 2 heterocycles. The molecule has 2 aliphatic heterocycles. The van der Waals surface area contributed by atoms with Gasteiger partial charge in [0.15, 0.2) is 4.87 Å². The zero-order valence-electron chi connectivity index (χ0n) is 14.0. The van der Waals surface area contributed by atoms with Crippen molar-refractivity contribution in [3.05, 3.63) is 64.4 Å². The molecule has 0 aliphatic carbocycles. The van der Waals surface area contributed by atoms with Crippen LogP contribution in [0.5, 0.6) is 0 Å². The molecule has 0 saturated carbocycles. The highest BCUT2D eigenvalue weighted by Gasteiger charge is 2.59. The zero-order valence-corrected chi connectivity index (χ0v) is 15.6. The van der Waals surface area contributed by atoms with Crippen molar-refractivity contribution >= 4 is 40.9 Å². The number of amides is 2. The van der Waals surface area contributed by atoms with Gasteiger partial charge in [-0.15, -0.1) is 11.8 Å². The third-order valence-electron chi connectivity index (χ3n) is 4.82. The van der Waals surface area contributed by atoms with Gasteiger partial charge in [-0.3, -0.25) is 9.59 Å². The molecule has 134 valence electrons. The number of nitrogens with zero attached hydrogens (tertiary/aromatic N) is 2. The van der Waals surface area contributed by atoms with Gasteiger partial charge in [0.1, 0.15) is 5.82 Å². The van der Waals surface area contributed by atoms with E-state index >= 15 is 0 Å². The molecule has 0 N–H and O–H groups in total. The van der Waals surface area contributed by atoms with Crippen molar-refractivity contribution in [2.45, 2.75) is 18.3 Å². The van der Waals surface area contributed by atoms with Crippen LogP contribution >= 0.6 is 23.4 Å². The summed E-state index contributed by atoms with van der Waals surface area (Å²) in [6.45, 7) is 2.17. The molecule has 0 aromatic heterocycles. The summed E-state index contributed by atoms with van der Waals surface area (Å²) in [7, 11) is 0. The van der Waals surface area contributed by atoms with E-state index in [0.717, 1.165) is 5.56 Å². The van der Waals surface area contributed by atoms with Gasteiger partial charge < -0.3 is 9.80 Å². The van der Waals surface area contributed by atoms with Crippen molar-refractivity contribution in [3.63, 3.8) is 0 Å². The fourth-order valence-electron chi connectivity index (χ4n) is 3.68. The van der Waals surface area contributed by atoms with E-state index in [1.165, 1.54) is 30.8 Å². The minimum Gasteiger partial charge on any atom is -0.315 e. The lowest BCUT2D eigenvalue weighted by Crippen LogP contribution is -2.49. The molecule has 1 atom stereocenters. The minimum absolute atomic E-state index is 0.196. The third-order valence-corrected chi connectivity index (χ3v) is 6.61. The monoisotopic (exact) mass is 390 g/mol. The second-order valence-electron chi connectivity index (χ2n) is 6.31. The van der Waals surface area contributed by atoms with E-state index in [1.54, 1.807) is 21.9 Å². The molecule has 7 heteroatoms. The fourth-order valence-corrected chi connectivity index (χ4v) is 5.37. The summed E-state index contributed by atoms with van der Waals surface area (Å²) >= 11 is 7.65. The predicted octanol–water partition coefficient (Wildman–Crippen LogP) is 3.77. The number of anilines is 1. The maximum absolute atomic E-state index is 14.0. The van der Waals surface area contributed by atoms with Crippen LogP contribution in [-0.2, 0) is 21.0 Å². The predicted molar refractivity (Wildman–Crippen MR) is 101 cm³/mol. The number of carbonyl (C=O) groups is 2. The lowest BCUT2D eigenvalue weighted by molar-refractivity contribution is -0.138. The Labute approximate surface area is 159 Å². The molecule has 4 rings (SSSR count). The number of rotatable bonds is 2. The van der Waals surface area contributed by atoms with Crippen molar-refractivity contribution in [3.8, 4) is 0 Å². The van der Waals surface area contributed by atoms with Crippen LogP contribution in [0.3, 0.4) is 0 Å². The molecule has 1 saturated heterocycles. The van der Waals surface area contributed by atoms with Crippen LogP contribution in [0.1, 0.15) is 18.1 Å². The van der Waals surface area contributed by atoms with Crippen LogP contribution in [0.2, 0.25) is 5.02 Å². The first-order chi connectivity index (χ1) is 12.4. The summed E-state index contributed by atoms with van der Waals surface area (Å²) < 4.78 is 14.0. The summed E-state index contributed by atoms with van der Waals surface area (Å²) in [6.07, 6.45) is 0. The highest BCUT2D eigenvalue weighted by Crippen LogP contribution is 2.54. The smallest absolute Gasteiger partial charge is 0.268 e. The van der Waals surface area contributed by atoms with E-state index in [-0.39, 0.29) is 18.4 Å². The summed E-state index contributed by atoms with van der Waals surface area (Å²) in [6, 6.07) is 11.6. The second-order valence-corrected chi connectivity index (χ2v) is 8.00. The Morgan fingerprint density at radius 1 is 1.31 bits per heavy atom. The highest BCUT2D eigenvalue weighted by molar-refractivity contribution is 8.01. The molecule has 2 aromatic carbocycles. The van der Waals surface area contributed by atoms with Crippen LogP contribution in [0, 0.1) is 5.82 Å². The Morgan fingerprint density at radius 2 is 2.08 bits per heavy atom. The Hall–Kier alpha value is -2.05. The van der Waals surface area contributed by atoms with Crippen LogP contribution in [0.4, 0.5) is 10.1 Å². The average molecular weight is 391 g/mol. The average Bonchev–Trinajstić information content (AvgIpc) is 3.15.